The van der Waals surface area contributed by atoms with Crippen LogP contribution in [0.25, 0.3) is 0 Å². The Labute approximate surface area is 85.5 Å². The van der Waals surface area contributed by atoms with E-state index in [1.165, 1.54) is 12.3 Å². The molecule has 0 bridgehead atoms. The molecule has 1 aliphatic carbocycles. The molecule has 0 radical (unpaired) electrons. The largest absolute Gasteiger partial charge is 0.487 e. The highest BCUT2D eigenvalue weighted by Crippen LogP contribution is 2.31. The minimum absolute atomic E-state index is 0.0712. The van der Waals surface area contributed by atoms with Crippen LogP contribution in [0.4, 0.5) is 0 Å². The molecular formula is C9H8ClNO3. The molecule has 1 aromatic heterocycles. The fourth-order valence-electron chi connectivity index (χ4n) is 0.987. The lowest BCUT2D eigenvalue weighted by Gasteiger charge is -2.05. The van der Waals surface area contributed by atoms with E-state index in [-0.39, 0.29) is 11.8 Å². The van der Waals surface area contributed by atoms with Crippen molar-refractivity contribution in [3.05, 3.63) is 23.0 Å². The molecule has 0 aliphatic heterocycles. The number of hydrogen-bond donors (Lipinski definition) is 1. The van der Waals surface area contributed by atoms with Gasteiger partial charge >= 0.3 is 5.97 Å². The van der Waals surface area contributed by atoms with Gasteiger partial charge in [0.2, 0.25) is 0 Å². The highest BCUT2D eigenvalue weighted by molar-refractivity contribution is 6.32. The summed E-state index contributed by atoms with van der Waals surface area (Å²) >= 11 is 5.82. The minimum atomic E-state index is -1.09. The van der Waals surface area contributed by atoms with Crippen LogP contribution in [0.3, 0.4) is 0 Å². The Kier molecular flexibility index (Phi) is 2.29. The van der Waals surface area contributed by atoms with E-state index in [4.69, 9.17) is 21.4 Å². The maximum Gasteiger partial charge on any atom is 0.354 e. The molecule has 0 amide bonds. The van der Waals surface area contributed by atoms with Gasteiger partial charge in [0.05, 0.1) is 17.3 Å². The summed E-state index contributed by atoms with van der Waals surface area (Å²) in [5, 5.41) is 8.93. The van der Waals surface area contributed by atoms with Crippen LogP contribution in [-0.4, -0.2) is 22.2 Å². The van der Waals surface area contributed by atoms with Gasteiger partial charge in [-0.05, 0) is 18.9 Å². The first-order chi connectivity index (χ1) is 6.66. The number of hydrogen-bond acceptors (Lipinski definition) is 3. The Morgan fingerprint density at radius 3 is 2.86 bits per heavy atom. The van der Waals surface area contributed by atoms with Crippen LogP contribution >= 0.6 is 11.6 Å². The summed E-state index contributed by atoms with van der Waals surface area (Å²) in [5.74, 6) is -0.635. The molecule has 1 saturated carbocycles. The molecule has 1 aliphatic rings. The zero-order valence-electron chi connectivity index (χ0n) is 7.24. The van der Waals surface area contributed by atoms with E-state index in [2.05, 4.69) is 4.98 Å². The molecule has 1 heterocycles. The van der Waals surface area contributed by atoms with Crippen molar-refractivity contribution in [3.63, 3.8) is 0 Å². The van der Waals surface area contributed by atoms with Crippen LogP contribution in [0.15, 0.2) is 12.3 Å². The Bertz CT molecular complexity index is 376. The van der Waals surface area contributed by atoms with E-state index in [0.29, 0.717) is 10.8 Å². The van der Waals surface area contributed by atoms with Gasteiger partial charge in [0.15, 0.2) is 5.75 Å². The van der Waals surface area contributed by atoms with Gasteiger partial charge in [-0.3, -0.25) is 0 Å². The predicted molar refractivity (Wildman–Crippen MR) is 49.9 cm³/mol. The molecule has 1 aromatic rings. The van der Waals surface area contributed by atoms with Crippen molar-refractivity contribution in [2.75, 3.05) is 0 Å². The van der Waals surface area contributed by atoms with E-state index >= 15 is 0 Å². The third-order valence-electron chi connectivity index (χ3n) is 1.86. The van der Waals surface area contributed by atoms with Crippen molar-refractivity contribution in [1.29, 1.82) is 0 Å². The summed E-state index contributed by atoms with van der Waals surface area (Å²) in [4.78, 5) is 14.2. The van der Waals surface area contributed by atoms with Crippen molar-refractivity contribution in [1.82, 2.24) is 4.98 Å². The van der Waals surface area contributed by atoms with E-state index in [0.717, 1.165) is 12.8 Å². The highest BCUT2D eigenvalue weighted by Gasteiger charge is 2.24. The van der Waals surface area contributed by atoms with Gasteiger partial charge in [-0.25, -0.2) is 9.78 Å². The molecule has 0 aromatic carbocycles. The maximum atomic E-state index is 10.5. The fraction of sp³-hybridized carbons (Fsp3) is 0.333. The van der Waals surface area contributed by atoms with Crippen molar-refractivity contribution in [2.45, 2.75) is 18.9 Å². The topological polar surface area (TPSA) is 59.4 Å². The summed E-state index contributed by atoms with van der Waals surface area (Å²) in [6.45, 7) is 0. The number of halogens is 1. The van der Waals surface area contributed by atoms with Gasteiger partial charge in [0.1, 0.15) is 5.69 Å². The summed E-state index contributed by atoms with van der Waals surface area (Å²) in [5.41, 5.74) is -0.0712. The van der Waals surface area contributed by atoms with Gasteiger partial charge in [-0.2, -0.15) is 0 Å². The monoisotopic (exact) mass is 213 g/mol. The molecule has 0 atom stereocenters. The second-order valence-corrected chi connectivity index (χ2v) is 3.53. The van der Waals surface area contributed by atoms with Gasteiger partial charge < -0.3 is 9.84 Å². The Morgan fingerprint density at radius 1 is 1.64 bits per heavy atom. The second-order valence-electron chi connectivity index (χ2n) is 3.12. The average Bonchev–Trinajstić information content (AvgIpc) is 2.92. The van der Waals surface area contributed by atoms with Crippen molar-refractivity contribution in [3.8, 4) is 5.75 Å². The van der Waals surface area contributed by atoms with E-state index in [1.807, 2.05) is 0 Å². The van der Waals surface area contributed by atoms with Crippen molar-refractivity contribution < 1.29 is 14.6 Å². The molecule has 0 spiro atoms. The summed E-state index contributed by atoms with van der Waals surface area (Å²) in [6, 6.07) is 1.29. The van der Waals surface area contributed by atoms with Crippen LogP contribution in [0.1, 0.15) is 23.3 Å². The fourth-order valence-corrected chi connectivity index (χ4v) is 1.18. The lowest BCUT2D eigenvalue weighted by atomic mass is 10.3. The first kappa shape index (κ1) is 9.27. The number of carboxylic acid groups (broad SMARTS) is 1. The lowest BCUT2D eigenvalue weighted by Crippen LogP contribution is -2.02. The third kappa shape index (κ3) is 1.96. The van der Waals surface area contributed by atoms with Crippen LogP contribution in [-0.2, 0) is 0 Å². The molecule has 74 valence electrons. The molecule has 1 N–H and O–H groups in total. The zero-order valence-corrected chi connectivity index (χ0v) is 7.99. The van der Waals surface area contributed by atoms with Crippen LogP contribution in [0.2, 0.25) is 5.02 Å². The zero-order chi connectivity index (χ0) is 10.1. The number of carboxylic acids is 1. The number of nitrogens with zero attached hydrogens (tertiary/aromatic N) is 1. The number of carbonyl (C=O) groups is 1. The first-order valence-corrected chi connectivity index (χ1v) is 4.60. The average molecular weight is 214 g/mol. The third-order valence-corrected chi connectivity index (χ3v) is 2.15. The van der Waals surface area contributed by atoms with E-state index < -0.39 is 5.97 Å². The Hall–Kier alpha value is -1.29. The molecule has 14 heavy (non-hydrogen) atoms. The predicted octanol–water partition coefficient (Wildman–Crippen LogP) is 1.97. The Balaban J connectivity index is 2.21. The van der Waals surface area contributed by atoms with Gasteiger partial charge in [0, 0.05) is 0 Å². The maximum absolute atomic E-state index is 10.5. The van der Waals surface area contributed by atoms with Gasteiger partial charge in [0.25, 0.3) is 0 Å². The molecule has 1 fully saturated rings. The quantitative estimate of drug-likeness (QED) is 0.834. The number of pyridine rings is 1. The lowest BCUT2D eigenvalue weighted by molar-refractivity contribution is 0.0690. The summed E-state index contributed by atoms with van der Waals surface area (Å²) in [7, 11) is 0. The molecule has 5 heteroatoms. The highest BCUT2D eigenvalue weighted by atomic mass is 35.5. The van der Waals surface area contributed by atoms with Gasteiger partial charge in [-0.15, -0.1) is 0 Å². The minimum Gasteiger partial charge on any atom is -0.487 e. The molecule has 4 nitrogen and oxygen atoms in total. The molecule has 2 rings (SSSR count). The molecular weight excluding hydrogens is 206 g/mol. The van der Waals surface area contributed by atoms with Crippen LogP contribution < -0.4 is 4.74 Å². The van der Waals surface area contributed by atoms with Crippen molar-refractivity contribution in [2.24, 2.45) is 0 Å². The van der Waals surface area contributed by atoms with E-state index in [1.54, 1.807) is 0 Å². The molecule has 0 saturated heterocycles. The van der Waals surface area contributed by atoms with Crippen molar-refractivity contribution >= 4 is 17.6 Å². The number of rotatable bonds is 3. The van der Waals surface area contributed by atoms with Crippen LogP contribution in [0.5, 0.6) is 5.75 Å². The number of aromatic carboxylic acids is 1. The van der Waals surface area contributed by atoms with E-state index in [9.17, 15) is 4.79 Å². The summed E-state index contributed by atoms with van der Waals surface area (Å²) in [6.07, 6.45) is 3.63. The smallest absolute Gasteiger partial charge is 0.354 e. The second kappa shape index (κ2) is 3.46. The number of aromatic nitrogens is 1. The normalized spacial score (nSPS) is 15.2. The summed E-state index contributed by atoms with van der Waals surface area (Å²) < 4.78 is 5.40. The number of ether oxygens (including phenoxy) is 1. The first-order valence-electron chi connectivity index (χ1n) is 4.22. The standard InChI is InChI=1S/C9H8ClNO3/c10-6-3-7(9(12)13)11-4-8(6)14-5-1-2-5/h3-5H,1-2H2,(H,12,13). The Morgan fingerprint density at radius 2 is 2.36 bits per heavy atom. The van der Waals surface area contributed by atoms with Crippen LogP contribution in [0, 0.1) is 0 Å². The SMILES string of the molecule is O=C(O)c1cc(Cl)c(OC2CC2)cn1. The molecule has 0 unspecified atom stereocenters. The van der Waals surface area contributed by atoms with Gasteiger partial charge in [-0.1, -0.05) is 11.6 Å².